The fourth-order valence-corrected chi connectivity index (χ4v) is 4.61. The lowest BCUT2D eigenvalue weighted by molar-refractivity contribution is -0.176. The van der Waals surface area contributed by atoms with Crippen LogP contribution in [-0.4, -0.2) is 55.8 Å². The van der Waals surface area contributed by atoms with Gasteiger partial charge in [0.25, 0.3) is 5.91 Å². The van der Waals surface area contributed by atoms with Crippen LogP contribution in [0.3, 0.4) is 0 Å². The first kappa shape index (κ1) is 31.4. The number of hydrogen-bond acceptors (Lipinski definition) is 7. The van der Waals surface area contributed by atoms with Crippen molar-refractivity contribution in [1.82, 2.24) is 15.3 Å². The number of benzene rings is 1. The van der Waals surface area contributed by atoms with Crippen LogP contribution in [0.15, 0.2) is 42.7 Å². The Labute approximate surface area is 244 Å². The molecule has 11 nitrogen and oxygen atoms in total. The number of rotatable bonds is 7. The maximum Gasteiger partial charge on any atom is 0.404 e. The van der Waals surface area contributed by atoms with Gasteiger partial charge in [0, 0.05) is 29.8 Å². The summed E-state index contributed by atoms with van der Waals surface area (Å²) in [5.74, 6) is -5.30. The standard InChI is InChI=1S/C29H30F3N5O6/c1-13(2)26(38)34-15-9-18(31)24(19(32)10-15)25-17(30)5-6-20(35-25)27(39)36-21-12-33-8-7-16(21)22-11-23(37-28(40)41)29(4,42)14(3)43-22/h5-10,12-14,22-23,37,42H,11H2,1-4H3,(H,34,38)(H,36,39)(H,40,41)/t14?,22-,23-,29-/m1/s1. The molecule has 1 saturated heterocycles. The average molecular weight is 602 g/mol. The van der Waals surface area contributed by atoms with Crippen molar-refractivity contribution in [3.63, 3.8) is 0 Å². The van der Waals surface area contributed by atoms with Crippen molar-refractivity contribution in [2.24, 2.45) is 5.92 Å². The molecule has 3 aromatic rings. The molecule has 4 rings (SSSR count). The molecule has 228 valence electrons. The van der Waals surface area contributed by atoms with Crippen molar-refractivity contribution in [2.75, 3.05) is 10.6 Å². The van der Waals surface area contributed by atoms with Crippen molar-refractivity contribution >= 4 is 29.3 Å². The quantitative estimate of drug-likeness (QED) is 0.262. The predicted molar refractivity (Wildman–Crippen MR) is 149 cm³/mol. The monoisotopic (exact) mass is 601 g/mol. The van der Waals surface area contributed by atoms with Gasteiger partial charge in [-0.05, 0) is 44.2 Å². The molecule has 0 spiro atoms. The molecule has 3 heterocycles. The lowest BCUT2D eigenvalue weighted by Crippen LogP contribution is -2.60. The number of amides is 3. The number of pyridine rings is 2. The first-order chi connectivity index (χ1) is 20.2. The Morgan fingerprint density at radius 2 is 1.74 bits per heavy atom. The lowest BCUT2D eigenvalue weighted by Gasteiger charge is -2.45. The Kier molecular flexibility index (Phi) is 9.01. The van der Waals surface area contributed by atoms with Crippen LogP contribution >= 0.6 is 0 Å². The average Bonchev–Trinajstić information content (AvgIpc) is 2.92. The summed E-state index contributed by atoms with van der Waals surface area (Å²) in [5, 5.41) is 27.3. The zero-order chi connectivity index (χ0) is 31.6. The van der Waals surface area contributed by atoms with Crippen LogP contribution in [0.25, 0.3) is 11.3 Å². The molecule has 43 heavy (non-hydrogen) atoms. The number of carbonyl (C=O) groups excluding carboxylic acids is 2. The van der Waals surface area contributed by atoms with Crippen LogP contribution < -0.4 is 16.0 Å². The topological polar surface area (TPSA) is 163 Å². The van der Waals surface area contributed by atoms with Gasteiger partial charge in [-0.15, -0.1) is 0 Å². The number of aromatic nitrogens is 2. The van der Waals surface area contributed by atoms with E-state index >= 15 is 0 Å². The summed E-state index contributed by atoms with van der Waals surface area (Å²) in [7, 11) is 0. The van der Waals surface area contributed by atoms with Crippen LogP contribution in [0, 0.1) is 23.4 Å². The van der Waals surface area contributed by atoms with Gasteiger partial charge in [0.1, 0.15) is 34.4 Å². The number of hydrogen-bond donors (Lipinski definition) is 5. The first-order valence-corrected chi connectivity index (χ1v) is 13.3. The second-order valence-corrected chi connectivity index (χ2v) is 10.6. The number of anilines is 2. The van der Waals surface area contributed by atoms with Crippen LogP contribution in [0.1, 0.15) is 56.3 Å². The molecular formula is C29H30F3N5O6. The zero-order valence-corrected chi connectivity index (χ0v) is 23.6. The van der Waals surface area contributed by atoms with E-state index in [2.05, 4.69) is 25.9 Å². The molecule has 3 amide bonds. The number of nitrogens with one attached hydrogen (secondary N) is 3. The third-order valence-corrected chi connectivity index (χ3v) is 7.24. The van der Waals surface area contributed by atoms with E-state index in [0.29, 0.717) is 5.56 Å². The van der Waals surface area contributed by atoms with Gasteiger partial charge in [-0.25, -0.2) is 22.9 Å². The molecule has 14 heteroatoms. The summed E-state index contributed by atoms with van der Waals surface area (Å²) >= 11 is 0. The van der Waals surface area contributed by atoms with Crippen molar-refractivity contribution < 1.29 is 42.5 Å². The molecule has 1 aliphatic heterocycles. The van der Waals surface area contributed by atoms with Gasteiger partial charge < -0.3 is 30.9 Å². The molecule has 0 radical (unpaired) electrons. The van der Waals surface area contributed by atoms with Gasteiger partial charge in [0.2, 0.25) is 5.91 Å². The Hall–Kier alpha value is -4.56. The van der Waals surface area contributed by atoms with Crippen LogP contribution in [0.2, 0.25) is 0 Å². The van der Waals surface area contributed by atoms with Gasteiger partial charge in [-0.2, -0.15) is 0 Å². The van der Waals surface area contributed by atoms with Crippen LogP contribution in [0.4, 0.5) is 29.3 Å². The Morgan fingerprint density at radius 1 is 1.07 bits per heavy atom. The highest BCUT2D eigenvalue weighted by Crippen LogP contribution is 2.39. The van der Waals surface area contributed by atoms with Gasteiger partial charge in [0.15, 0.2) is 0 Å². The minimum absolute atomic E-state index is 0.0155. The van der Waals surface area contributed by atoms with Crippen LogP contribution in [-0.2, 0) is 9.53 Å². The Morgan fingerprint density at radius 3 is 2.37 bits per heavy atom. The smallest absolute Gasteiger partial charge is 0.404 e. The van der Waals surface area contributed by atoms with E-state index in [0.717, 1.165) is 24.3 Å². The number of carbonyl (C=O) groups is 3. The summed E-state index contributed by atoms with van der Waals surface area (Å²) in [4.78, 5) is 44.3. The van der Waals surface area contributed by atoms with E-state index in [1.807, 2.05) is 0 Å². The SMILES string of the molecule is CC(C)C(=O)Nc1cc(F)c(-c2nc(C(=O)Nc3cnccc3[C@H]3C[C@@H](NC(=O)O)[C@](C)(O)C(C)O3)ccc2F)c(F)c1. The van der Waals surface area contributed by atoms with Crippen molar-refractivity contribution in [2.45, 2.75) is 58.0 Å². The van der Waals surface area contributed by atoms with E-state index in [-0.39, 0.29) is 23.5 Å². The maximum atomic E-state index is 15.0. The largest absolute Gasteiger partial charge is 0.465 e. The van der Waals surface area contributed by atoms with Crippen LogP contribution in [0.5, 0.6) is 0 Å². The molecule has 0 bridgehead atoms. The van der Waals surface area contributed by atoms with Gasteiger partial charge in [-0.1, -0.05) is 13.8 Å². The van der Waals surface area contributed by atoms with E-state index in [4.69, 9.17) is 4.74 Å². The molecule has 1 aliphatic rings. The molecule has 4 atom stereocenters. The first-order valence-electron chi connectivity index (χ1n) is 13.3. The van der Waals surface area contributed by atoms with Gasteiger partial charge >= 0.3 is 6.09 Å². The second kappa shape index (κ2) is 12.4. The zero-order valence-electron chi connectivity index (χ0n) is 23.6. The highest BCUT2D eigenvalue weighted by Gasteiger charge is 2.46. The minimum Gasteiger partial charge on any atom is -0.465 e. The molecule has 1 unspecified atom stereocenters. The summed E-state index contributed by atoms with van der Waals surface area (Å²) in [6.07, 6.45) is -0.166. The molecule has 2 aromatic heterocycles. The summed E-state index contributed by atoms with van der Waals surface area (Å²) in [6, 6.07) is 4.14. The molecule has 0 aliphatic carbocycles. The maximum absolute atomic E-state index is 15.0. The molecular weight excluding hydrogens is 571 g/mol. The Bertz CT molecular complexity index is 1540. The molecule has 1 fully saturated rings. The lowest BCUT2D eigenvalue weighted by atomic mass is 9.82. The molecule has 1 aromatic carbocycles. The number of halogens is 3. The highest BCUT2D eigenvalue weighted by molar-refractivity contribution is 6.03. The number of ether oxygens (including phenoxy) is 1. The van der Waals surface area contributed by atoms with Crippen molar-refractivity contribution in [3.8, 4) is 11.3 Å². The fourth-order valence-electron chi connectivity index (χ4n) is 4.61. The van der Waals surface area contributed by atoms with Gasteiger partial charge in [-0.3, -0.25) is 14.6 Å². The van der Waals surface area contributed by atoms with E-state index in [9.17, 15) is 37.8 Å². The predicted octanol–water partition coefficient (Wildman–Crippen LogP) is 4.64. The van der Waals surface area contributed by atoms with E-state index < -0.39 is 76.4 Å². The van der Waals surface area contributed by atoms with Gasteiger partial charge in [0.05, 0.1) is 35.7 Å². The van der Waals surface area contributed by atoms with Crippen molar-refractivity contribution in [3.05, 3.63) is 71.4 Å². The summed E-state index contributed by atoms with van der Waals surface area (Å²) in [5.41, 5.74) is -3.11. The second-order valence-electron chi connectivity index (χ2n) is 10.6. The fraction of sp³-hybridized carbons (Fsp3) is 0.345. The number of aliphatic hydroxyl groups is 1. The van der Waals surface area contributed by atoms with E-state index in [1.54, 1.807) is 26.8 Å². The highest BCUT2D eigenvalue weighted by atomic mass is 19.1. The van der Waals surface area contributed by atoms with E-state index in [1.165, 1.54) is 19.3 Å². The van der Waals surface area contributed by atoms with Crippen molar-refractivity contribution in [1.29, 1.82) is 0 Å². The summed E-state index contributed by atoms with van der Waals surface area (Å²) in [6.45, 7) is 6.22. The Balaban J connectivity index is 1.61. The normalized spacial score (nSPS) is 21.7. The number of nitrogens with zero attached hydrogens (tertiary/aromatic N) is 2. The minimum atomic E-state index is -1.53. The third kappa shape index (κ3) is 6.75. The third-order valence-electron chi connectivity index (χ3n) is 7.24. The summed E-state index contributed by atoms with van der Waals surface area (Å²) < 4.78 is 50.7. The molecule has 5 N–H and O–H groups in total. The number of carboxylic acid groups (broad SMARTS) is 1. The molecule has 0 saturated carbocycles.